The maximum absolute atomic E-state index is 14.1. The quantitative estimate of drug-likeness (QED) is 0.390. The van der Waals surface area contributed by atoms with Crippen LogP contribution < -0.4 is 5.56 Å². The van der Waals surface area contributed by atoms with Crippen molar-refractivity contribution < 1.29 is 4.39 Å². The molecule has 0 spiro atoms. The Bertz CT molecular complexity index is 1670. The first-order valence-electron chi connectivity index (χ1n) is 11.8. The number of benzene rings is 2. The maximum Gasteiger partial charge on any atom is 0.251 e. The van der Waals surface area contributed by atoms with Crippen molar-refractivity contribution in [2.45, 2.75) is 31.7 Å². The summed E-state index contributed by atoms with van der Waals surface area (Å²) >= 11 is 6.32. The van der Waals surface area contributed by atoms with E-state index in [-0.39, 0.29) is 17.4 Å². The van der Waals surface area contributed by atoms with Crippen LogP contribution in [0.1, 0.15) is 41.6 Å². The van der Waals surface area contributed by atoms with Crippen molar-refractivity contribution >= 4 is 22.9 Å². The molecule has 9 heteroatoms. The zero-order valence-electron chi connectivity index (χ0n) is 19.3. The number of tetrazole rings is 1. The summed E-state index contributed by atoms with van der Waals surface area (Å²) in [7, 11) is 0. The highest BCUT2D eigenvalue weighted by Gasteiger charge is 2.54. The fraction of sp³-hybridized carbons (Fsp3) is 0.222. The lowest BCUT2D eigenvalue weighted by Crippen LogP contribution is -2.29. The van der Waals surface area contributed by atoms with Gasteiger partial charge in [-0.15, -0.1) is 5.10 Å². The molecule has 0 saturated heterocycles. The number of allylic oxidation sites excluding steroid dienone is 1. The molecule has 3 unspecified atom stereocenters. The summed E-state index contributed by atoms with van der Waals surface area (Å²) in [4.78, 5) is 18.2. The normalized spacial score (nSPS) is 21.7. The van der Waals surface area contributed by atoms with Gasteiger partial charge in [-0.05, 0) is 82.3 Å². The molecule has 1 fully saturated rings. The van der Waals surface area contributed by atoms with E-state index in [1.807, 2.05) is 29.0 Å². The minimum atomic E-state index is -0.221. The number of pyridine rings is 1. The minimum Gasteiger partial charge on any atom is -0.303 e. The summed E-state index contributed by atoms with van der Waals surface area (Å²) in [6.07, 6.45) is 4.97. The SMILES string of the molecule is Cc1ccc(C2=CN=C(C3C4CC4c4cc(-c5cc(Cl)ccc5-n5cnnn5)cc(=O)n43)C2)cc1F. The molecule has 7 rings (SSSR count). The lowest BCUT2D eigenvalue weighted by atomic mass is 9.97. The average Bonchev–Trinajstić information content (AvgIpc) is 3.22. The van der Waals surface area contributed by atoms with Gasteiger partial charge in [0.2, 0.25) is 0 Å². The second kappa shape index (κ2) is 7.80. The number of aryl methyl sites for hydroxylation is 1. The van der Waals surface area contributed by atoms with E-state index in [1.165, 1.54) is 6.33 Å². The molecule has 0 radical (unpaired) electrons. The standard InChI is InChI=1S/C27H20ClFN6O/c1-14-2-3-15(6-22(14)29)17-7-23(30-12-17)27-21-11-20(21)25-8-16(9-26(36)35(25)27)19-10-18(28)4-5-24(19)34-13-31-32-33-34/h2-6,8-10,12-13,20-21,27H,7,11H2,1H3. The molecule has 1 aliphatic carbocycles. The van der Waals surface area contributed by atoms with Gasteiger partial charge in [-0.3, -0.25) is 9.79 Å². The second-order valence-electron chi connectivity index (χ2n) is 9.66. The molecule has 3 atom stereocenters. The van der Waals surface area contributed by atoms with Gasteiger partial charge in [-0.2, -0.15) is 4.68 Å². The summed E-state index contributed by atoms with van der Waals surface area (Å²) in [6.45, 7) is 1.75. The Labute approximate surface area is 210 Å². The third-order valence-electron chi connectivity index (χ3n) is 7.51. The molecule has 0 amide bonds. The number of aliphatic imine (C=N–C) groups is 1. The van der Waals surface area contributed by atoms with Crippen molar-refractivity contribution in [3.05, 3.63) is 99.1 Å². The predicted molar refractivity (Wildman–Crippen MR) is 135 cm³/mol. The van der Waals surface area contributed by atoms with Crippen LogP contribution in [0.15, 0.2) is 70.8 Å². The molecule has 36 heavy (non-hydrogen) atoms. The molecule has 0 bridgehead atoms. The highest BCUT2D eigenvalue weighted by atomic mass is 35.5. The van der Waals surface area contributed by atoms with Gasteiger partial charge >= 0.3 is 0 Å². The molecule has 2 aliphatic heterocycles. The van der Waals surface area contributed by atoms with E-state index in [0.717, 1.165) is 45.8 Å². The van der Waals surface area contributed by atoms with Crippen LogP contribution in [-0.4, -0.2) is 30.5 Å². The smallest absolute Gasteiger partial charge is 0.251 e. The van der Waals surface area contributed by atoms with Crippen molar-refractivity contribution in [1.82, 2.24) is 24.8 Å². The molecule has 4 heterocycles. The molecule has 178 valence electrons. The van der Waals surface area contributed by atoms with Crippen LogP contribution in [0.2, 0.25) is 5.02 Å². The van der Waals surface area contributed by atoms with E-state index in [9.17, 15) is 9.18 Å². The van der Waals surface area contributed by atoms with Crippen LogP contribution >= 0.6 is 11.6 Å². The Morgan fingerprint density at radius 1 is 1.08 bits per heavy atom. The number of rotatable bonds is 4. The number of hydrogen-bond donors (Lipinski definition) is 0. The fourth-order valence-electron chi connectivity index (χ4n) is 5.64. The van der Waals surface area contributed by atoms with Gasteiger partial charge in [-0.1, -0.05) is 23.7 Å². The summed E-state index contributed by atoms with van der Waals surface area (Å²) in [5, 5.41) is 12.0. The number of halogens is 2. The van der Waals surface area contributed by atoms with Crippen LogP contribution in [0, 0.1) is 18.7 Å². The van der Waals surface area contributed by atoms with Crippen molar-refractivity contribution in [2.24, 2.45) is 10.9 Å². The van der Waals surface area contributed by atoms with E-state index in [4.69, 9.17) is 16.6 Å². The Hall–Kier alpha value is -3.91. The summed E-state index contributed by atoms with van der Waals surface area (Å²) in [6, 6.07) is 14.4. The molecule has 3 aliphatic rings. The van der Waals surface area contributed by atoms with Crippen LogP contribution in [0.5, 0.6) is 0 Å². The lowest BCUT2D eigenvalue weighted by Gasteiger charge is -2.20. The highest BCUT2D eigenvalue weighted by Crippen LogP contribution is 2.60. The van der Waals surface area contributed by atoms with Gasteiger partial charge in [-0.25, -0.2) is 4.39 Å². The van der Waals surface area contributed by atoms with E-state index in [0.29, 0.717) is 28.8 Å². The average molecular weight is 499 g/mol. The maximum atomic E-state index is 14.1. The topological polar surface area (TPSA) is 78.0 Å². The van der Waals surface area contributed by atoms with Crippen molar-refractivity contribution in [2.75, 3.05) is 0 Å². The predicted octanol–water partition coefficient (Wildman–Crippen LogP) is 5.14. The Kier molecular flexibility index (Phi) is 4.63. The largest absolute Gasteiger partial charge is 0.303 e. The third-order valence-corrected chi connectivity index (χ3v) is 7.74. The van der Waals surface area contributed by atoms with Gasteiger partial charge in [0, 0.05) is 46.6 Å². The van der Waals surface area contributed by atoms with Crippen molar-refractivity contribution in [1.29, 1.82) is 0 Å². The molecular weight excluding hydrogens is 479 g/mol. The third kappa shape index (κ3) is 3.28. The number of fused-ring (bicyclic) bond motifs is 3. The van der Waals surface area contributed by atoms with Crippen molar-refractivity contribution in [3.8, 4) is 16.8 Å². The summed E-state index contributed by atoms with van der Waals surface area (Å²) in [5.41, 5.74) is 6.67. The Morgan fingerprint density at radius 3 is 2.78 bits per heavy atom. The molecule has 1 saturated carbocycles. The molecule has 0 N–H and O–H groups in total. The number of hydrogen-bond acceptors (Lipinski definition) is 5. The zero-order valence-corrected chi connectivity index (χ0v) is 20.0. The van der Waals surface area contributed by atoms with Crippen LogP contribution in [-0.2, 0) is 0 Å². The van der Waals surface area contributed by atoms with Crippen LogP contribution in [0.3, 0.4) is 0 Å². The molecule has 2 aromatic carbocycles. The summed E-state index contributed by atoms with van der Waals surface area (Å²) < 4.78 is 17.6. The first-order chi connectivity index (χ1) is 17.5. The van der Waals surface area contributed by atoms with Gasteiger partial charge in [0.1, 0.15) is 12.1 Å². The zero-order chi connectivity index (χ0) is 24.6. The minimum absolute atomic E-state index is 0.0696. The van der Waals surface area contributed by atoms with Gasteiger partial charge in [0.05, 0.1) is 11.7 Å². The van der Waals surface area contributed by atoms with Crippen molar-refractivity contribution in [3.63, 3.8) is 0 Å². The number of nitrogens with zero attached hydrogens (tertiary/aromatic N) is 6. The fourth-order valence-corrected chi connectivity index (χ4v) is 5.81. The lowest BCUT2D eigenvalue weighted by molar-refractivity contribution is 0.584. The second-order valence-corrected chi connectivity index (χ2v) is 10.1. The highest BCUT2D eigenvalue weighted by molar-refractivity contribution is 6.31. The molecule has 2 aromatic heterocycles. The van der Waals surface area contributed by atoms with E-state index in [1.54, 1.807) is 35.9 Å². The molecule has 7 nitrogen and oxygen atoms in total. The first-order valence-corrected chi connectivity index (χ1v) is 12.2. The Morgan fingerprint density at radius 2 is 1.97 bits per heavy atom. The van der Waals surface area contributed by atoms with Crippen LogP contribution in [0.4, 0.5) is 4.39 Å². The molecular formula is C27H20ClFN6O. The van der Waals surface area contributed by atoms with E-state index >= 15 is 0 Å². The van der Waals surface area contributed by atoms with Crippen LogP contribution in [0.25, 0.3) is 22.4 Å². The Balaban J connectivity index is 1.24. The number of aromatic nitrogens is 5. The van der Waals surface area contributed by atoms with E-state index < -0.39 is 0 Å². The van der Waals surface area contributed by atoms with Gasteiger partial charge in [0.15, 0.2) is 0 Å². The monoisotopic (exact) mass is 498 g/mol. The summed E-state index contributed by atoms with van der Waals surface area (Å²) in [5.74, 6) is 0.454. The first kappa shape index (κ1) is 21.4. The van der Waals surface area contributed by atoms with Gasteiger partial charge < -0.3 is 4.57 Å². The molecule has 4 aromatic rings. The van der Waals surface area contributed by atoms with E-state index in [2.05, 4.69) is 21.6 Å². The van der Waals surface area contributed by atoms with Gasteiger partial charge in [0.25, 0.3) is 5.56 Å².